The van der Waals surface area contributed by atoms with Crippen molar-refractivity contribution >= 4 is 17.2 Å². The van der Waals surface area contributed by atoms with Crippen LogP contribution in [0, 0.1) is 13.8 Å². The molecule has 3 aromatic heterocycles. The summed E-state index contributed by atoms with van der Waals surface area (Å²) in [6.45, 7) is 4.48. The van der Waals surface area contributed by atoms with Gasteiger partial charge in [0.1, 0.15) is 10.7 Å². The number of aromatic nitrogens is 5. The van der Waals surface area contributed by atoms with Gasteiger partial charge in [-0.3, -0.25) is 9.48 Å². The molecule has 1 amide bonds. The molecule has 4 aromatic rings. The second-order valence-electron chi connectivity index (χ2n) is 7.00. The van der Waals surface area contributed by atoms with E-state index in [9.17, 15) is 4.79 Å². The van der Waals surface area contributed by atoms with Crippen LogP contribution in [0.4, 0.5) is 0 Å². The minimum Gasteiger partial charge on any atom is -0.336 e. The Labute approximate surface area is 173 Å². The molecule has 0 aliphatic rings. The molecule has 0 spiro atoms. The zero-order valence-electron chi connectivity index (χ0n) is 16.8. The van der Waals surface area contributed by atoms with E-state index >= 15 is 0 Å². The standard InChI is InChI=1S/C21H22N6OS/c1-14-18(15(2)27(24-14)17-8-6-5-7-9-17)12-25(3)21(28)19-13-29-20(23-19)16-10-22-26(4)11-16/h5-11,13H,12H2,1-4H3. The number of nitrogens with zero attached hydrogens (tertiary/aromatic N) is 6. The maximum atomic E-state index is 12.9. The van der Waals surface area contributed by atoms with Crippen LogP contribution in [-0.4, -0.2) is 42.4 Å². The van der Waals surface area contributed by atoms with Gasteiger partial charge >= 0.3 is 0 Å². The van der Waals surface area contributed by atoms with Crippen LogP contribution in [-0.2, 0) is 13.6 Å². The topological polar surface area (TPSA) is 68.8 Å². The summed E-state index contributed by atoms with van der Waals surface area (Å²) in [5, 5.41) is 11.4. The minimum atomic E-state index is -0.109. The molecule has 7 nitrogen and oxygen atoms in total. The van der Waals surface area contributed by atoms with Gasteiger partial charge in [0.15, 0.2) is 0 Å². The molecule has 0 radical (unpaired) electrons. The molecule has 0 aliphatic carbocycles. The third-order valence-corrected chi connectivity index (χ3v) is 5.75. The molecule has 3 heterocycles. The summed E-state index contributed by atoms with van der Waals surface area (Å²) in [7, 11) is 3.65. The van der Waals surface area contributed by atoms with E-state index in [0.717, 1.165) is 33.2 Å². The number of para-hydroxylation sites is 1. The van der Waals surface area contributed by atoms with Crippen molar-refractivity contribution in [2.24, 2.45) is 7.05 Å². The molecule has 8 heteroatoms. The number of aryl methyl sites for hydroxylation is 2. The number of hydrogen-bond donors (Lipinski definition) is 0. The molecule has 0 N–H and O–H groups in total. The van der Waals surface area contributed by atoms with Crippen LogP contribution in [0.15, 0.2) is 48.1 Å². The van der Waals surface area contributed by atoms with Gasteiger partial charge in [-0.05, 0) is 26.0 Å². The summed E-state index contributed by atoms with van der Waals surface area (Å²) < 4.78 is 3.65. The van der Waals surface area contributed by atoms with Crippen molar-refractivity contribution in [2.75, 3.05) is 7.05 Å². The van der Waals surface area contributed by atoms with Crippen molar-refractivity contribution in [1.82, 2.24) is 29.4 Å². The van der Waals surface area contributed by atoms with Gasteiger partial charge in [-0.2, -0.15) is 10.2 Å². The molecule has 1 aromatic carbocycles. The number of benzene rings is 1. The minimum absolute atomic E-state index is 0.109. The van der Waals surface area contributed by atoms with Crippen molar-refractivity contribution in [2.45, 2.75) is 20.4 Å². The van der Waals surface area contributed by atoms with Gasteiger partial charge in [0, 0.05) is 49.0 Å². The van der Waals surface area contributed by atoms with Crippen molar-refractivity contribution < 1.29 is 4.79 Å². The molecular formula is C21H22N6OS. The molecule has 0 bridgehead atoms. The lowest BCUT2D eigenvalue weighted by Gasteiger charge is -2.16. The fraction of sp³-hybridized carbons (Fsp3) is 0.238. The third kappa shape index (κ3) is 3.71. The monoisotopic (exact) mass is 406 g/mol. The highest BCUT2D eigenvalue weighted by atomic mass is 32.1. The molecule has 0 saturated heterocycles. The first-order valence-electron chi connectivity index (χ1n) is 9.24. The number of rotatable bonds is 5. The van der Waals surface area contributed by atoms with Gasteiger partial charge in [-0.25, -0.2) is 9.67 Å². The average molecular weight is 407 g/mol. The van der Waals surface area contributed by atoms with Crippen LogP contribution in [0.5, 0.6) is 0 Å². The highest BCUT2D eigenvalue weighted by Crippen LogP contribution is 2.24. The summed E-state index contributed by atoms with van der Waals surface area (Å²) in [6, 6.07) is 10.0. The quantitative estimate of drug-likeness (QED) is 0.508. The Kier molecular flexibility index (Phi) is 5.02. The number of carbonyl (C=O) groups is 1. The first-order valence-corrected chi connectivity index (χ1v) is 10.1. The van der Waals surface area contributed by atoms with Crippen LogP contribution < -0.4 is 0 Å². The second kappa shape index (κ2) is 7.63. The molecule has 4 rings (SSSR count). The van der Waals surface area contributed by atoms with Gasteiger partial charge in [0.25, 0.3) is 5.91 Å². The lowest BCUT2D eigenvalue weighted by molar-refractivity contribution is 0.0780. The predicted octanol–water partition coefficient (Wildman–Crippen LogP) is 3.62. The zero-order chi connectivity index (χ0) is 20.5. The summed E-state index contributed by atoms with van der Waals surface area (Å²) >= 11 is 1.45. The van der Waals surface area contributed by atoms with Crippen LogP contribution in [0.2, 0.25) is 0 Å². The van der Waals surface area contributed by atoms with E-state index in [4.69, 9.17) is 0 Å². The average Bonchev–Trinajstić information content (AvgIpc) is 3.43. The Morgan fingerprint density at radius 1 is 1.21 bits per heavy atom. The van der Waals surface area contributed by atoms with Gasteiger partial charge in [0.05, 0.1) is 17.6 Å². The molecule has 29 heavy (non-hydrogen) atoms. The summed E-state index contributed by atoms with van der Waals surface area (Å²) in [5.41, 5.74) is 5.36. The van der Waals surface area contributed by atoms with E-state index in [1.54, 1.807) is 28.2 Å². The van der Waals surface area contributed by atoms with E-state index in [1.165, 1.54) is 11.3 Å². The molecule has 0 unspecified atom stereocenters. The van der Waals surface area contributed by atoms with Crippen molar-refractivity contribution in [3.8, 4) is 16.3 Å². The maximum absolute atomic E-state index is 12.9. The fourth-order valence-electron chi connectivity index (χ4n) is 3.27. The van der Waals surface area contributed by atoms with Gasteiger partial charge in [-0.15, -0.1) is 11.3 Å². The Hall–Kier alpha value is -3.26. The first kappa shape index (κ1) is 19.1. The zero-order valence-corrected chi connectivity index (χ0v) is 17.6. The first-order chi connectivity index (χ1) is 13.9. The molecule has 0 atom stereocenters. The lowest BCUT2D eigenvalue weighted by Crippen LogP contribution is -2.27. The summed E-state index contributed by atoms with van der Waals surface area (Å²) in [4.78, 5) is 19.1. The van der Waals surface area contributed by atoms with Gasteiger partial charge < -0.3 is 4.90 Å². The smallest absolute Gasteiger partial charge is 0.273 e. The van der Waals surface area contributed by atoms with E-state index < -0.39 is 0 Å². The second-order valence-corrected chi connectivity index (χ2v) is 7.86. The largest absolute Gasteiger partial charge is 0.336 e. The van der Waals surface area contributed by atoms with Crippen LogP contribution in [0.25, 0.3) is 16.3 Å². The Balaban J connectivity index is 1.54. The molecule has 0 fully saturated rings. The van der Waals surface area contributed by atoms with Crippen molar-refractivity contribution in [3.05, 3.63) is 70.8 Å². The molecule has 148 valence electrons. The SMILES string of the molecule is Cc1nn(-c2ccccc2)c(C)c1CN(C)C(=O)c1csc(-c2cnn(C)c2)n1. The third-order valence-electron chi connectivity index (χ3n) is 4.86. The lowest BCUT2D eigenvalue weighted by atomic mass is 10.2. The molecule has 0 saturated carbocycles. The van der Waals surface area contributed by atoms with Crippen LogP contribution in [0.1, 0.15) is 27.4 Å². The van der Waals surface area contributed by atoms with E-state index in [1.807, 2.05) is 62.1 Å². The van der Waals surface area contributed by atoms with E-state index in [0.29, 0.717) is 12.2 Å². The van der Waals surface area contributed by atoms with E-state index in [-0.39, 0.29) is 5.91 Å². The fourth-order valence-corrected chi connectivity index (χ4v) is 4.03. The van der Waals surface area contributed by atoms with Gasteiger partial charge in [-0.1, -0.05) is 18.2 Å². The van der Waals surface area contributed by atoms with Gasteiger partial charge in [0.2, 0.25) is 0 Å². The summed E-state index contributed by atoms with van der Waals surface area (Å²) in [5.74, 6) is -0.109. The number of thiazole rings is 1. The highest BCUT2D eigenvalue weighted by molar-refractivity contribution is 7.13. The predicted molar refractivity (Wildman–Crippen MR) is 113 cm³/mol. The number of carbonyl (C=O) groups excluding carboxylic acids is 1. The normalized spacial score (nSPS) is 11.0. The Bertz CT molecular complexity index is 1160. The highest BCUT2D eigenvalue weighted by Gasteiger charge is 2.20. The van der Waals surface area contributed by atoms with E-state index in [2.05, 4.69) is 15.2 Å². The molecule has 0 aliphatic heterocycles. The van der Waals surface area contributed by atoms with Crippen LogP contribution in [0.3, 0.4) is 0 Å². The molecular weight excluding hydrogens is 384 g/mol. The Morgan fingerprint density at radius 2 is 1.97 bits per heavy atom. The number of hydrogen-bond acceptors (Lipinski definition) is 5. The maximum Gasteiger partial charge on any atom is 0.273 e. The van der Waals surface area contributed by atoms with Crippen molar-refractivity contribution in [3.63, 3.8) is 0 Å². The summed E-state index contributed by atoms with van der Waals surface area (Å²) in [6.07, 6.45) is 3.64. The number of amides is 1. The van der Waals surface area contributed by atoms with Crippen molar-refractivity contribution in [1.29, 1.82) is 0 Å². The Morgan fingerprint density at radius 3 is 2.66 bits per heavy atom. The van der Waals surface area contributed by atoms with Crippen LogP contribution >= 0.6 is 11.3 Å².